The first kappa shape index (κ1) is 10.5. The normalized spacial score (nSPS) is 11.0. The summed E-state index contributed by atoms with van der Waals surface area (Å²) in [4.78, 5) is 14.0. The van der Waals surface area contributed by atoms with Gasteiger partial charge in [0.15, 0.2) is 0 Å². The van der Waals surface area contributed by atoms with Crippen LogP contribution in [0.4, 0.5) is 0 Å². The highest BCUT2D eigenvalue weighted by Gasteiger charge is 2.15. The first-order chi connectivity index (χ1) is 7.65. The summed E-state index contributed by atoms with van der Waals surface area (Å²) in [7, 11) is -3.98. The molecule has 1 aromatic carbocycles. The lowest BCUT2D eigenvalue weighted by atomic mass is 10.2. The molecule has 80 valence electrons. The maximum absolute atomic E-state index is 11.6. The van der Waals surface area contributed by atoms with E-state index >= 15 is 0 Å². The van der Waals surface area contributed by atoms with Crippen LogP contribution in [-0.2, 0) is 14.8 Å². The summed E-state index contributed by atoms with van der Waals surface area (Å²) in [6.45, 7) is 0. The molecule has 0 atom stereocenters. The van der Waals surface area contributed by atoms with Gasteiger partial charge >= 0.3 is 0 Å². The Kier molecular flexibility index (Phi) is 2.52. The first-order valence-corrected chi connectivity index (χ1v) is 5.77. The van der Waals surface area contributed by atoms with E-state index in [9.17, 15) is 13.2 Å². The predicted molar refractivity (Wildman–Crippen MR) is 57.1 cm³/mol. The minimum absolute atomic E-state index is 0.0403. The van der Waals surface area contributed by atoms with Gasteiger partial charge in [-0.05, 0) is 24.3 Å². The fourth-order valence-electron chi connectivity index (χ4n) is 1.40. The summed E-state index contributed by atoms with van der Waals surface area (Å²) >= 11 is 0. The number of hydrogen-bond donors (Lipinski definition) is 0. The molecular weight excluding hydrogens is 228 g/mol. The molecule has 0 unspecified atom stereocenters. The van der Waals surface area contributed by atoms with Gasteiger partial charge in [-0.2, -0.15) is 8.42 Å². The maximum Gasteiger partial charge on any atom is 0.293 e. The molecular formula is C10H6N2O3S. The topological polar surface area (TPSA) is 76.5 Å². The lowest BCUT2D eigenvalue weighted by Crippen LogP contribution is -1.97. The van der Waals surface area contributed by atoms with Crippen LogP contribution in [0.5, 0.6) is 0 Å². The van der Waals surface area contributed by atoms with Gasteiger partial charge in [0.25, 0.3) is 16.1 Å². The Morgan fingerprint density at radius 2 is 2.00 bits per heavy atom. The van der Waals surface area contributed by atoms with Crippen LogP contribution in [0.2, 0.25) is 0 Å². The number of pyridine rings is 1. The quantitative estimate of drug-likeness (QED) is 0.579. The van der Waals surface area contributed by atoms with E-state index in [1.807, 2.05) is 0 Å². The van der Waals surface area contributed by atoms with Gasteiger partial charge in [0.1, 0.15) is 0 Å². The van der Waals surface area contributed by atoms with Crippen LogP contribution in [0, 0.1) is 0 Å². The third-order valence-electron chi connectivity index (χ3n) is 2.04. The van der Waals surface area contributed by atoms with Gasteiger partial charge in [-0.25, -0.2) is 4.79 Å². The lowest BCUT2D eigenvalue weighted by Gasteiger charge is -2.01. The molecule has 0 aliphatic carbocycles. The summed E-state index contributed by atoms with van der Waals surface area (Å²) in [6, 6.07) is 7.82. The van der Waals surface area contributed by atoms with Gasteiger partial charge < -0.3 is 0 Å². The van der Waals surface area contributed by atoms with Crippen LogP contribution in [0.3, 0.4) is 0 Å². The van der Waals surface area contributed by atoms with Gasteiger partial charge in [-0.1, -0.05) is 10.5 Å². The second-order valence-electron chi connectivity index (χ2n) is 2.98. The van der Waals surface area contributed by atoms with E-state index in [2.05, 4.69) is 9.38 Å². The lowest BCUT2D eigenvalue weighted by molar-refractivity contribution is 0.563. The summed E-state index contributed by atoms with van der Waals surface area (Å²) in [5.41, 5.74) is 0.532. The summed E-state index contributed by atoms with van der Waals surface area (Å²) in [5, 5.41) is 0.434. The number of rotatable bonds is 2. The Bertz CT molecular complexity index is 683. The molecule has 0 aliphatic rings. The molecule has 0 saturated carbocycles. The molecule has 5 nitrogen and oxygen atoms in total. The van der Waals surface area contributed by atoms with Gasteiger partial charge in [0, 0.05) is 11.6 Å². The SMILES string of the molecule is O=C=NS(=O)(=O)c1cccc2ncccc12. The van der Waals surface area contributed by atoms with Crippen molar-refractivity contribution in [3.63, 3.8) is 0 Å². The number of carbonyl (C=O) groups excluding carboxylic acids is 1. The number of hydrogen-bond acceptors (Lipinski definition) is 4. The van der Waals surface area contributed by atoms with Crippen molar-refractivity contribution in [3.05, 3.63) is 36.5 Å². The number of fused-ring (bicyclic) bond motifs is 1. The number of sulfonamides is 1. The fraction of sp³-hybridized carbons (Fsp3) is 0. The fourth-order valence-corrected chi connectivity index (χ4v) is 2.30. The second kappa shape index (κ2) is 3.84. The van der Waals surface area contributed by atoms with Crippen molar-refractivity contribution in [1.82, 2.24) is 4.98 Å². The molecule has 0 spiro atoms. The minimum atomic E-state index is -3.98. The predicted octanol–water partition coefficient (Wildman–Crippen LogP) is 1.26. The number of isocyanates is 1. The van der Waals surface area contributed by atoms with E-state index in [1.165, 1.54) is 6.07 Å². The molecule has 2 aromatic rings. The Labute approximate surface area is 91.5 Å². The number of aromatic nitrogens is 1. The van der Waals surface area contributed by atoms with E-state index in [-0.39, 0.29) is 4.90 Å². The van der Waals surface area contributed by atoms with Gasteiger partial charge in [-0.15, -0.1) is 0 Å². The third-order valence-corrected chi connectivity index (χ3v) is 3.27. The van der Waals surface area contributed by atoms with Crippen molar-refractivity contribution in [2.24, 2.45) is 4.40 Å². The smallest absolute Gasteiger partial charge is 0.256 e. The van der Waals surface area contributed by atoms with Crippen molar-refractivity contribution in [2.45, 2.75) is 4.90 Å². The number of nitrogens with zero attached hydrogens (tertiary/aromatic N) is 2. The van der Waals surface area contributed by atoms with Crippen LogP contribution in [-0.4, -0.2) is 19.5 Å². The first-order valence-electron chi connectivity index (χ1n) is 4.33. The standard InChI is InChI=1S/C10H6N2O3S/c13-7-12-16(14,15)10-5-1-4-9-8(10)3-2-6-11-9/h1-6H. The molecule has 0 saturated heterocycles. The monoisotopic (exact) mass is 234 g/mol. The summed E-state index contributed by atoms with van der Waals surface area (Å²) < 4.78 is 26.0. The largest absolute Gasteiger partial charge is 0.293 e. The molecule has 0 bridgehead atoms. The van der Waals surface area contributed by atoms with Crippen LogP contribution < -0.4 is 0 Å². The van der Waals surface area contributed by atoms with E-state index in [0.29, 0.717) is 10.9 Å². The van der Waals surface area contributed by atoms with Crippen molar-refractivity contribution in [2.75, 3.05) is 0 Å². The molecule has 0 amide bonds. The maximum atomic E-state index is 11.6. The van der Waals surface area contributed by atoms with Crippen LogP contribution in [0.15, 0.2) is 45.8 Å². The van der Waals surface area contributed by atoms with E-state index < -0.39 is 10.0 Å². The highest BCUT2D eigenvalue weighted by molar-refractivity contribution is 7.90. The van der Waals surface area contributed by atoms with Crippen molar-refractivity contribution >= 4 is 27.0 Å². The third kappa shape index (κ3) is 1.71. The van der Waals surface area contributed by atoms with Gasteiger partial charge in [0.05, 0.1) is 10.4 Å². The zero-order valence-corrected chi connectivity index (χ0v) is 8.81. The zero-order valence-electron chi connectivity index (χ0n) is 7.99. The second-order valence-corrected chi connectivity index (χ2v) is 4.56. The van der Waals surface area contributed by atoms with Crippen molar-refractivity contribution < 1.29 is 13.2 Å². The van der Waals surface area contributed by atoms with Crippen molar-refractivity contribution in [3.8, 4) is 0 Å². The summed E-state index contributed by atoms with van der Waals surface area (Å²) in [5.74, 6) is 0. The Balaban J connectivity index is 2.85. The van der Waals surface area contributed by atoms with Gasteiger partial charge in [0.2, 0.25) is 0 Å². The number of benzene rings is 1. The van der Waals surface area contributed by atoms with E-state index in [0.717, 1.165) is 6.08 Å². The Morgan fingerprint density at radius 1 is 1.19 bits per heavy atom. The highest BCUT2D eigenvalue weighted by atomic mass is 32.2. The van der Waals surface area contributed by atoms with E-state index in [1.54, 1.807) is 30.5 Å². The molecule has 0 N–H and O–H groups in total. The molecule has 0 fully saturated rings. The van der Waals surface area contributed by atoms with Gasteiger partial charge in [-0.3, -0.25) is 4.98 Å². The average molecular weight is 234 g/mol. The molecule has 16 heavy (non-hydrogen) atoms. The molecule has 0 aliphatic heterocycles. The van der Waals surface area contributed by atoms with Crippen LogP contribution in [0.25, 0.3) is 10.9 Å². The Morgan fingerprint density at radius 3 is 2.75 bits per heavy atom. The molecule has 0 radical (unpaired) electrons. The summed E-state index contributed by atoms with van der Waals surface area (Å²) in [6.07, 6.45) is 2.60. The minimum Gasteiger partial charge on any atom is -0.256 e. The zero-order chi connectivity index (χ0) is 11.6. The highest BCUT2D eigenvalue weighted by Crippen LogP contribution is 2.22. The van der Waals surface area contributed by atoms with Crippen molar-refractivity contribution in [1.29, 1.82) is 0 Å². The molecule has 1 heterocycles. The van der Waals surface area contributed by atoms with Crippen LogP contribution >= 0.6 is 0 Å². The molecule has 2 rings (SSSR count). The average Bonchev–Trinajstić information content (AvgIpc) is 2.28. The molecule has 6 heteroatoms. The van der Waals surface area contributed by atoms with E-state index in [4.69, 9.17) is 0 Å². The van der Waals surface area contributed by atoms with Crippen LogP contribution in [0.1, 0.15) is 0 Å². The Hall–Kier alpha value is -2.04. The molecule has 1 aromatic heterocycles.